The van der Waals surface area contributed by atoms with Crippen molar-refractivity contribution in [2.75, 3.05) is 0 Å². The Balaban J connectivity index is -0.0000000800. The summed E-state index contributed by atoms with van der Waals surface area (Å²) in [6, 6.07) is 0. The molecule has 0 aliphatic rings. The van der Waals surface area contributed by atoms with E-state index in [9.17, 15) is 0 Å². The van der Waals surface area contributed by atoms with Gasteiger partial charge in [0.05, 0.1) is 7.82 Å². The molecule has 0 amide bonds. The Morgan fingerprint density at radius 1 is 1.43 bits per heavy atom. The predicted molar refractivity (Wildman–Crippen MR) is 13.4 cm³/mol. The van der Waals surface area contributed by atoms with Gasteiger partial charge in [-0.25, -0.2) is 0 Å². The van der Waals surface area contributed by atoms with Crippen molar-refractivity contribution in [3.63, 3.8) is 0 Å². The van der Waals surface area contributed by atoms with Crippen LogP contribution in [0.5, 0.6) is 0 Å². The zero-order valence-corrected chi connectivity index (χ0v) is 5.07. The van der Waals surface area contributed by atoms with E-state index in [4.69, 9.17) is 19.2 Å². The van der Waals surface area contributed by atoms with Crippen LogP contribution in [0.4, 0.5) is 0 Å². The van der Waals surface area contributed by atoms with Crippen molar-refractivity contribution in [1.82, 2.24) is 0 Å². The molecule has 0 atom stereocenters. The summed E-state index contributed by atoms with van der Waals surface area (Å²) in [5.41, 5.74) is 0. The normalized spacial score (nSPS) is 8.43. The Morgan fingerprint density at radius 2 is 1.43 bits per heavy atom. The number of hydrogen-bond acceptors (Lipinski definition) is 3. The van der Waals surface area contributed by atoms with E-state index in [1.165, 1.54) is 0 Å². The first-order valence-electron chi connectivity index (χ1n) is 0.748. The second-order valence-electron chi connectivity index (χ2n) is 0.469. The molecule has 0 bridgehead atoms. The van der Waals surface area contributed by atoms with E-state index >= 15 is 0 Å². The molecular weight excluding hydrogens is 166 g/mol. The van der Waals surface area contributed by atoms with Crippen LogP contribution in [-0.2, 0) is 21.6 Å². The minimum Gasteiger partial charge on any atom is -0.790 e. The average molecular weight is 169 g/mol. The summed E-state index contributed by atoms with van der Waals surface area (Å²) in [7, 11) is -5.14. The van der Waals surface area contributed by atoms with E-state index in [0.717, 1.165) is 0 Å². The first-order chi connectivity index (χ1) is 2.00. The Morgan fingerprint density at radius 3 is 1.43 bits per heavy atom. The Labute approximate surface area is 50.4 Å². The summed E-state index contributed by atoms with van der Waals surface area (Å²) in [5.74, 6) is 0. The van der Waals surface area contributed by atoms with Crippen LogP contribution in [0.2, 0.25) is 0 Å². The van der Waals surface area contributed by atoms with Gasteiger partial charge in [0.2, 0.25) is 0 Å². The van der Waals surface area contributed by atoms with Crippen LogP contribution in [0.25, 0.3) is 0 Å². The molecule has 0 unspecified atom stereocenters. The summed E-state index contributed by atoms with van der Waals surface area (Å²) >= 11 is 0. The van der Waals surface area contributed by atoms with Crippen molar-refractivity contribution >= 4 is 7.82 Å². The van der Waals surface area contributed by atoms with Crippen molar-refractivity contribution < 1.29 is 41.8 Å². The predicted octanol–water partition coefficient (Wildman–Crippen LogP) is -3.02. The maximum Gasteiger partial charge on any atom is 2.00 e. The molecule has 0 aromatic heterocycles. The van der Waals surface area contributed by atoms with Gasteiger partial charge in [0, 0.05) is 0 Å². The summed E-state index contributed by atoms with van der Waals surface area (Å²) in [6.45, 7) is 0. The van der Waals surface area contributed by atoms with Crippen LogP contribution < -0.4 is 9.79 Å². The summed E-state index contributed by atoms with van der Waals surface area (Å²) < 4.78 is 8.66. The first-order valence-corrected chi connectivity index (χ1v) is 2.24. The van der Waals surface area contributed by atoms with E-state index in [2.05, 4.69) is 0 Å². The fraction of sp³-hybridized carbons (Fsp3) is 0. The maximum absolute atomic E-state index is 8.66. The standard InChI is InChI=1S/Mn.H3O4P.H2O/c;1-5(2,3)4;/h;(H3,1,2,3,4);1H2/q+2;;/p-2. The SMILES string of the molecule is O.O=P([O-])([O-])O.[Mn+2]. The van der Waals surface area contributed by atoms with Crippen LogP contribution >= 0.6 is 7.82 Å². The molecule has 0 saturated heterocycles. The van der Waals surface area contributed by atoms with Gasteiger partial charge >= 0.3 is 17.1 Å². The van der Waals surface area contributed by atoms with Crippen molar-refractivity contribution in [2.24, 2.45) is 0 Å². The molecule has 3 N–H and O–H groups in total. The van der Waals surface area contributed by atoms with Crippen LogP contribution in [-0.4, -0.2) is 10.4 Å². The topological polar surface area (TPSA) is 115 Å². The molecule has 1 radical (unpaired) electrons. The zero-order chi connectivity index (χ0) is 4.50. The van der Waals surface area contributed by atoms with Gasteiger partial charge in [-0.3, -0.25) is 0 Å². The van der Waals surface area contributed by atoms with E-state index in [1.807, 2.05) is 0 Å². The summed E-state index contributed by atoms with van der Waals surface area (Å²) in [5, 5.41) is 0. The largest absolute Gasteiger partial charge is 2.00 e. The van der Waals surface area contributed by atoms with Crippen molar-refractivity contribution in [3.05, 3.63) is 0 Å². The third kappa shape index (κ3) is 399. The molecule has 0 aromatic carbocycles. The number of hydrogen-bond donors (Lipinski definition) is 1. The van der Waals surface area contributed by atoms with Crippen molar-refractivity contribution in [3.8, 4) is 0 Å². The molecule has 0 spiro atoms. The van der Waals surface area contributed by atoms with E-state index in [-0.39, 0.29) is 22.5 Å². The molecule has 0 aliphatic carbocycles. The molecule has 0 aliphatic heterocycles. The third-order valence-electron chi connectivity index (χ3n) is 0. The quantitative estimate of drug-likeness (QED) is 0.306. The molecule has 45 valence electrons. The van der Waals surface area contributed by atoms with Gasteiger partial charge in [-0.15, -0.1) is 0 Å². The monoisotopic (exact) mass is 169 g/mol. The summed E-state index contributed by atoms with van der Waals surface area (Å²) in [6.07, 6.45) is 0. The van der Waals surface area contributed by atoms with Gasteiger partial charge in [0.25, 0.3) is 0 Å². The van der Waals surface area contributed by atoms with E-state index in [1.54, 1.807) is 0 Å². The van der Waals surface area contributed by atoms with Crippen LogP contribution in [0, 0.1) is 0 Å². The van der Waals surface area contributed by atoms with Crippen molar-refractivity contribution in [1.29, 1.82) is 0 Å². The van der Waals surface area contributed by atoms with Gasteiger partial charge in [-0.2, -0.15) is 0 Å². The minimum atomic E-state index is -5.14. The number of rotatable bonds is 0. The smallest absolute Gasteiger partial charge is 0.790 e. The van der Waals surface area contributed by atoms with Crippen LogP contribution in [0.1, 0.15) is 0 Å². The van der Waals surface area contributed by atoms with E-state index in [0.29, 0.717) is 0 Å². The van der Waals surface area contributed by atoms with Gasteiger partial charge in [0.1, 0.15) is 0 Å². The molecule has 7 heavy (non-hydrogen) atoms. The average Bonchev–Trinajstić information content (AvgIpc) is 0.722. The van der Waals surface area contributed by atoms with Crippen molar-refractivity contribution in [2.45, 2.75) is 0 Å². The van der Waals surface area contributed by atoms with Crippen LogP contribution in [0.15, 0.2) is 0 Å². The first kappa shape index (κ1) is 15.6. The molecule has 0 saturated carbocycles. The van der Waals surface area contributed by atoms with E-state index < -0.39 is 7.82 Å². The molecule has 0 rings (SSSR count). The van der Waals surface area contributed by atoms with Gasteiger partial charge in [0.15, 0.2) is 0 Å². The molecular formula is H3MnO5P. The van der Waals surface area contributed by atoms with Gasteiger partial charge < -0.3 is 24.7 Å². The fourth-order valence-corrected chi connectivity index (χ4v) is 0. The molecule has 7 heteroatoms. The summed E-state index contributed by atoms with van der Waals surface area (Å²) in [4.78, 5) is 24.3. The Bertz CT molecular complexity index is 54.2. The maximum atomic E-state index is 8.66. The fourth-order valence-electron chi connectivity index (χ4n) is 0. The van der Waals surface area contributed by atoms with Gasteiger partial charge in [-0.05, 0) is 0 Å². The molecule has 5 nitrogen and oxygen atoms in total. The minimum absolute atomic E-state index is 0. The molecule has 0 fully saturated rings. The molecule has 0 aromatic rings. The second kappa shape index (κ2) is 4.74. The second-order valence-corrected chi connectivity index (χ2v) is 1.41. The molecule has 0 heterocycles. The Hall–Kier alpha value is 0.589. The van der Waals surface area contributed by atoms with Crippen LogP contribution in [0.3, 0.4) is 0 Å². The number of phosphoric acid groups is 1. The van der Waals surface area contributed by atoms with Gasteiger partial charge in [-0.1, -0.05) is 0 Å². The zero-order valence-electron chi connectivity index (χ0n) is 3.00. The third-order valence-corrected chi connectivity index (χ3v) is 0. The Kier molecular flexibility index (Phi) is 10.6.